The summed E-state index contributed by atoms with van der Waals surface area (Å²) in [7, 11) is 0. The van der Waals surface area contributed by atoms with E-state index in [9.17, 15) is 9.59 Å². The summed E-state index contributed by atoms with van der Waals surface area (Å²) in [5, 5.41) is 15.5. The number of carboxylic acid groups (broad SMARTS) is 1. The number of nitrogens with one attached hydrogen (secondary N) is 1. The highest BCUT2D eigenvalue weighted by atomic mass is 16.5. The first kappa shape index (κ1) is 14.3. The molecule has 1 aliphatic rings. The molecule has 0 bridgehead atoms. The number of nitrogens with zero attached hydrogens (tertiary/aromatic N) is 2. The molecular weight excluding hydrogens is 290 g/mol. The van der Waals surface area contributed by atoms with Crippen LogP contribution in [0, 0.1) is 0 Å². The Balaban J connectivity index is 1.54. The summed E-state index contributed by atoms with van der Waals surface area (Å²) in [6, 6.07) is 1.70. The van der Waals surface area contributed by atoms with Crippen molar-refractivity contribution in [2.24, 2.45) is 0 Å². The molecule has 1 fully saturated rings. The number of hydrogen-bond donors (Lipinski definition) is 2. The first-order chi connectivity index (χ1) is 10.6. The highest BCUT2D eigenvalue weighted by Crippen LogP contribution is 2.32. The van der Waals surface area contributed by atoms with Gasteiger partial charge in [-0.25, -0.2) is 4.79 Å². The maximum Gasteiger partial charge on any atom is 0.329 e. The molecule has 116 valence electrons. The molecule has 1 aliphatic carbocycles. The predicted molar refractivity (Wildman–Crippen MR) is 72.7 cm³/mol. The van der Waals surface area contributed by atoms with Gasteiger partial charge in [-0.1, -0.05) is 5.16 Å². The van der Waals surface area contributed by atoms with E-state index >= 15 is 0 Å². The van der Waals surface area contributed by atoms with Crippen LogP contribution >= 0.6 is 0 Å². The number of hydrogen-bond acceptors (Lipinski definition) is 6. The van der Waals surface area contributed by atoms with Gasteiger partial charge in [0.15, 0.2) is 0 Å². The molecule has 2 N–H and O–H groups in total. The van der Waals surface area contributed by atoms with Crippen LogP contribution in [0.5, 0.6) is 0 Å². The SMILES string of the molecule is O=C(CCc1nc(-c2ccoc2)no1)NC1(C(=O)O)CCC1. The molecule has 0 saturated heterocycles. The fourth-order valence-electron chi connectivity index (χ4n) is 2.34. The molecule has 0 unspecified atom stereocenters. The average molecular weight is 305 g/mol. The van der Waals surface area contributed by atoms with Gasteiger partial charge >= 0.3 is 5.97 Å². The molecule has 22 heavy (non-hydrogen) atoms. The zero-order valence-electron chi connectivity index (χ0n) is 11.7. The number of aliphatic carboxylic acids is 1. The largest absolute Gasteiger partial charge is 0.480 e. The van der Waals surface area contributed by atoms with Crippen molar-refractivity contribution in [1.82, 2.24) is 15.5 Å². The molecule has 8 nitrogen and oxygen atoms in total. The molecule has 2 aromatic heterocycles. The summed E-state index contributed by atoms with van der Waals surface area (Å²) in [6.45, 7) is 0. The van der Waals surface area contributed by atoms with E-state index in [0.717, 1.165) is 6.42 Å². The number of carbonyl (C=O) groups excluding carboxylic acids is 1. The van der Waals surface area contributed by atoms with Gasteiger partial charge in [0, 0.05) is 12.8 Å². The monoisotopic (exact) mass is 305 g/mol. The van der Waals surface area contributed by atoms with Crippen LogP contribution in [0.25, 0.3) is 11.4 Å². The standard InChI is InChI=1S/C14H15N3O5/c18-10(16-14(13(19)20)5-1-6-14)2-3-11-15-12(17-22-11)9-4-7-21-8-9/h4,7-8H,1-3,5-6H2,(H,16,18)(H,19,20). The summed E-state index contributed by atoms with van der Waals surface area (Å²) in [4.78, 5) is 27.2. The molecule has 2 aromatic rings. The zero-order chi connectivity index (χ0) is 15.6. The lowest BCUT2D eigenvalue weighted by Gasteiger charge is -2.38. The Kier molecular flexibility index (Phi) is 3.66. The third-order valence-electron chi connectivity index (χ3n) is 3.81. The van der Waals surface area contributed by atoms with Crippen LogP contribution in [-0.4, -0.2) is 32.7 Å². The molecule has 3 rings (SSSR count). The van der Waals surface area contributed by atoms with Crippen LogP contribution in [0.3, 0.4) is 0 Å². The van der Waals surface area contributed by atoms with Crippen molar-refractivity contribution in [2.75, 3.05) is 0 Å². The predicted octanol–water partition coefficient (Wildman–Crippen LogP) is 1.39. The molecule has 0 radical (unpaired) electrons. The Hall–Kier alpha value is -2.64. The summed E-state index contributed by atoms with van der Waals surface area (Å²) in [6.07, 6.45) is 5.11. The third-order valence-corrected chi connectivity index (χ3v) is 3.81. The summed E-state index contributed by atoms with van der Waals surface area (Å²) in [5.74, 6) is -0.591. The Morgan fingerprint density at radius 3 is 2.82 bits per heavy atom. The van der Waals surface area contributed by atoms with E-state index in [-0.39, 0.29) is 18.7 Å². The Bertz CT molecular complexity index is 672. The Morgan fingerprint density at radius 2 is 2.23 bits per heavy atom. The van der Waals surface area contributed by atoms with Crippen molar-refractivity contribution in [3.05, 3.63) is 24.5 Å². The minimum absolute atomic E-state index is 0.0993. The minimum atomic E-state index is -1.09. The second-order valence-corrected chi connectivity index (χ2v) is 5.31. The van der Waals surface area contributed by atoms with Gasteiger partial charge in [0.05, 0.1) is 11.8 Å². The van der Waals surface area contributed by atoms with Crippen molar-refractivity contribution in [3.8, 4) is 11.4 Å². The average Bonchev–Trinajstić information content (AvgIpc) is 3.10. The van der Waals surface area contributed by atoms with E-state index in [0.29, 0.717) is 30.1 Å². The van der Waals surface area contributed by atoms with Crippen LogP contribution in [0.4, 0.5) is 0 Å². The fourth-order valence-corrected chi connectivity index (χ4v) is 2.34. The lowest BCUT2D eigenvalue weighted by atomic mass is 9.76. The van der Waals surface area contributed by atoms with E-state index in [1.54, 1.807) is 6.07 Å². The van der Waals surface area contributed by atoms with E-state index < -0.39 is 11.5 Å². The molecule has 0 spiro atoms. The number of carbonyl (C=O) groups is 2. The molecule has 0 aliphatic heterocycles. The highest BCUT2D eigenvalue weighted by molar-refractivity contribution is 5.87. The van der Waals surface area contributed by atoms with Crippen LogP contribution in [0.15, 0.2) is 27.5 Å². The van der Waals surface area contributed by atoms with E-state index in [4.69, 9.17) is 14.0 Å². The lowest BCUT2D eigenvalue weighted by Crippen LogP contribution is -2.59. The summed E-state index contributed by atoms with van der Waals surface area (Å²) in [5.41, 5.74) is -0.396. The number of amides is 1. The normalized spacial score (nSPS) is 16.0. The maximum atomic E-state index is 11.9. The number of carboxylic acids is 1. The second kappa shape index (κ2) is 5.63. The fraction of sp³-hybridized carbons (Fsp3) is 0.429. The molecule has 1 amide bonds. The maximum absolute atomic E-state index is 11.9. The van der Waals surface area contributed by atoms with E-state index in [2.05, 4.69) is 15.5 Å². The van der Waals surface area contributed by atoms with Crippen LogP contribution in [0.1, 0.15) is 31.6 Å². The van der Waals surface area contributed by atoms with Gasteiger partial charge in [0.2, 0.25) is 17.6 Å². The topological polar surface area (TPSA) is 118 Å². The van der Waals surface area contributed by atoms with Gasteiger partial charge in [-0.3, -0.25) is 4.79 Å². The number of furan rings is 1. The molecule has 2 heterocycles. The van der Waals surface area contributed by atoms with Crippen molar-refractivity contribution < 1.29 is 23.6 Å². The number of aromatic nitrogens is 2. The third kappa shape index (κ3) is 2.72. The zero-order valence-corrected chi connectivity index (χ0v) is 11.7. The van der Waals surface area contributed by atoms with Crippen LogP contribution < -0.4 is 5.32 Å². The molecule has 0 aromatic carbocycles. The van der Waals surface area contributed by atoms with E-state index in [1.165, 1.54) is 12.5 Å². The van der Waals surface area contributed by atoms with Gasteiger partial charge in [-0.2, -0.15) is 4.98 Å². The van der Waals surface area contributed by atoms with Gasteiger partial charge < -0.3 is 19.4 Å². The van der Waals surface area contributed by atoms with Gasteiger partial charge in [0.1, 0.15) is 11.8 Å². The highest BCUT2D eigenvalue weighted by Gasteiger charge is 2.45. The molecule has 0 atom stereocenters. The Morgan fingerprint density at radius 1 is 1.41 bits per heavy atom. The molecular formula is C14H15N3O5. The number of rotatable bonds is 6. The second-order valence-electron chi connectivity index (χ2n) is 5.31. The first-order valence-corrected chi connectivity index (χ1v) is 6.99. The smallest absolute Gasteiger partial charge is 0.329 e. The first-order valence-electron chi connectivity index (χ1n) is 6.99. The summed E-state index contributed by atoms with van der Waals surface area (Å²) < 4.78 is 9.99. The van der Waals surface area contributed by atoms with Gasteiger partial charge in [-0.15, -0.1) is 0 Å². The van der Waals surface area contributed by atoms with Crippen molar-refractivity contribution in [1.29, 1.82) is 0 Å². The lowest BCUT2D eigenvalue weighted by molar-refractivity contribution is -0.151. The van der Waals surface area contributed by atoms with Gasteiger partial charge in [0.25, 0.3) is 0 Å². The van der Waals surface area contributed by atoms with Crippen LogP contribution in [0.2, 0.25) is 0 Å². The van der Waals surface area contributed by atoms with Gasteiger partial charge in [-0.05, 0) is 25.3 Å². The minimum Gasteiger partial charge on any atom is -0.480 e. The summed E-state index contributed by atoms with van der Waals surface area (Å²) >= 11 is 0. The molecule has 1 saturated carbocycles. The van der Waals surface area contributed by atoms with E-state index in [1.807, 2.05) is 0 Å². The van der Waals surface area contributed by atoms with Crippen LogP contribution in [-0.2, 0) is 16.0 Å². The van der Waals surface area contributed by atoms with Crippen molar-refractivity contribution >= 4 is 11.9 Å². The Labute approximate surface area is 125 Å². The number of aryl methyl sites for hydroxylation is 1. The quantitative estimate of drug-likeness (QED) is 0.827. The molecule has 8 heteroatoms. The van der Waals surface area contributed by atoms with Crippen molar-refractivity contribution in [3.63, 3.8) is 0 Å². The van der Waals surface area contributed by atoms with Crippen molar-refractivity contribution in [2.45, 2.75) is 37.6 Å².